The highest BCUT2D eigenvalue weighted by Gasteiger charge is 2.37. The average Bonchev–Trinajstić information content (AvgIpc) is 3.50. The van der Waals surface area contributed by atoms with Crippen LogP contribution in [0, 0.1) is 6.92 Å². The van der Waals surface area contributed by atoms with Gasteiger partial charge in [-0.15, -0.1) is 11.3 Å². The molecule has 1 fully saturated rings. The van der Waals surface area contributed by atoms with E-state index in [4.69, 9.17) is 9.40 Å². The summed E-state index contributed by atoms with van der Waals surface area (Å²) >= 11 is 1.46. The summed E-state index contributed by atoms with van der Waals surface area (Å²) in [6.07, 6.45) is -0.174. The van der Waals surface area contributed by atoms with Crippen LogP contribution in [-0.2, 0) is 11.3 Å². The third-order valence-corrected chi connectivity index (χ3v) is 6.59. The van der Waals surface area contributed by atoms with Gasteiger partial charge < -0.3 is 19.7 Å². The van der Waals surface area contributed by atoms with Crippen LogP contribution >= 0.6 is 11.3 Å². The number of benzene rings is 2. The van der Waals surface area contributed by atoms with Crippen LogP contribution < -0.4 is 10.2 Å². The number of aromatic nitrogens is 1. The Bertz CT molecular complexity index is 1200. The van der Waals surface area contributed by atoms with Crippen molar-refractivity contribution in [3.8, 4) is 11.5 Å². The second kappa shape index (κ2) is 8.17. The smallest absolute Gasteiger partial charge is 0.243 e. The van der Waals surface area contributed by atoms with Crippen LogP contribution in [0.3, 0.4) is 0 Å². The number of aliphatic hydroxyl groups is 1. The van der Waals surface area contributed by atoms with Gasteiger partial charge in [-0.25, -0.2) is 4.98 Å². The molecule has 7 heteroatoms. The third kappa shape index (κ3) is 3.94. The predicted molar refractivity (Wildman–Crippen MR) is 122 cm³/mol. The van der Waals surface area contributed by atoms with Gasteiger partial charge in [0.2, 0.25) is 5.91 Å². The van der Waals surface area contributed by atoms with Crippen molar-refractivity contribution in [1.29, 1.82) is 0 Å². The van der Waals surface area contributed by atoms with E-state index in [0.29, 0.717) is 30.4 Å². The van der Waals surface area contributed by atoms with Gasteiger partial charge in [-0.1, -0.05) is 42.5 Å². The number of thiazole rings is 1. The summed E-state index contributed by atoms with van der Waals surface area (Å²) in [5, 5.41) is 17.0. The molecule has 2 N–H and O–H groups in total. The van der Waals surface area contributed by atoms with E-state index in [1.165, 1.54) is 11.3 Å². The molecule has 3 heterocycles. The number of aliphatic hydroxyl groups excluding tert-OH is 1. The van der Waals surface area contributed by atoms with Crippen LogP contribution in [0.25, 0.3) is 22.4 Å². The van der Waals surface area contributed by atoms with Gasteiger partial charge in [-0.2, -0.15) is 0 Å². The highest BCUT2D eigenvalue weighted by molar-refractivity contribution is 7.14. The van der Waals surface area contributed by atoms with Gasteiger partial charge in [0, 0.05) is 30.3 Å². The van der Waals surface area contributed by atoms with Crippen LogP contribution in [0.5, 0.6) is 0 Å². The Morgan fingerprint density at radius 2 is 2.06 bits per heavy atom. The highest BCUT2D eigenvalue weighted by atomic mass is 32.1. The Hall–Kier alpha value is -3.16. The Morgan fingerprint density at radius 1 is 1.26 bits per heavy atom. The van der Waals surface area contributed by atoms with Gasteiger partial charge in [-0.05, 0) is 30.2 Å². The lowest BCUT2D eigenvalue weighted by Crippen LogP contribution is -2.43. The summed E-state index contributed by atoms with van der Waals surface area (Å²) < 4.78 is 5.92. The lowest BCUT2D eigenvalue weighted by molar-refractivity contribution is -0.122. The molecule has 4 aromatic rings. The van der Waals surface area contributed by atoms with Crippen LogP contribution in [-0.4, -0.2) is 34.7 Å². The van der Waals surface area contributed by atoms with E-state index in [2.05, 4.69) is 5.32 Å². The van der Waals surface area contributed by atoms with E-state index in [1.54, 1.807) is 0 Å². The summed E-state index contributed by atoms with van der Waals surface area (Å²) in [6, 6.07) is 17.4. The molecule has 0 bridgehead atoms. The first-order valence-electron chi connectivity index (χ1n) is 10.3. The molecule has 0 radical (unpaired) electrons. The van der Waals surface area contributed by atoms with Crippen molar-refractivity contribution in [3.05, 3.63) is 71.1 Å². The molecule has 1 saturated heterocycles. The van der Waals surface area contributed by atoms with Crippen LogP contribution in [0.2, 0.25) is 0 Å². The molecule has 0 aliphatic carbocycles. The molecule has 2 aromatic carbocycles. The van der Waals surface area contributed by atoms with Crippen LogP contribution in [0.4, 0.5) is 5.13 Å². The Labute approximate surface area is 184 Å². The van der Waals surface area contributed by atoms with Crippen molar-refractivity contribution in [2.75, 3.05) is 11.4 Å². The van der Waals surface area contributed by atoms with Gasteiger partial charge in [0.15, 0.2) is 10.9 Å². The van der Waals surface area contributed by atoms with E-state index >= 15 is 0 Å². The number of para-hydroxylation sites is 1. The fourth-order valence-electron chi connectivity index (χ4n) is 4.00. The van der Waals surface area contributed by atoms with E-state index < -0.39 is 12.1 Å². The normalized spacial score (nSPS) is 18.6. The van der Waals surface area contributed by atoms with Gasteiger partial charge >= 0.3 is 0 Å². The fraction of sp³-hybridized carbons (Fsp3) is 0.250. The number of aryl methyl sites for hydroxylation is 1. The first-order valence-corrected chi connectivity index (χ1v) is 11.2. The zero-order valence-corrected chi connectivity index (χ0v) is 17.9. The molecule has 31 heavy (non-hydrogen) atoms. The van der Waals surface area contributed by atoms with Crippen molar-refractivity contribution in [1.82, 2.24) is 10.3 Å². The lowest BCUT2D eigenvalue weighted by atomic mass is 10.1. The number of hydrogen-bond acceptors (Lipinski definition) is 6. The monoisotopic (exact) mass is 433 g/mol. The quantitative estimate of drug-likeness (QED) is 0.495. The molecule has 2 atom stereocenters. The molecule has 5 rings (SSSR count). The summed E-state index contributed by atoms with van der Waals surface area (Å²) in [6.45, 7) is 2.88. The number of fused-ring (bicyclic) bond motifs is 1. The number of hydrogen-bond donors (Lipinski definition) is 2. The highest BCUT2D eigenvalue weighted by Crippen LogP contribution is 2.34. The summed E-state index contributed by atoms with van der Waals surface area (Å²) in [7, 11) is 0. The first-order chi connectivity index (χ1) is 15.1. The maximum atomic E-state index is 12.9. The minimum Gasteiger partial charge on any atom is -0.454 e. The molecular formula is C24H23N3O3S. The van der Waals surface area contributed by atoms with E-state index in [0.717, 1.165) is 27.8 Å². The van der Waals surface area contributed by atoms with E-state index in [-0.39, 0.29) is 5.91 Å². The number of amides is 1. The molecule has 6 nitrogen and oxygen atoms in total. The molecule has 1 unspecified atom stereocenters. The Morgan fingerprint density at radius 3 is 2.90 bits per heavy atom. The maximum absolute atomic E-state index is 12.9. The minimum absolute atomic E-state index is 0.0970. The van der Waals surface area contributed by atoms with Crippen molar-refractivity contribution in [3.63, 3.8) is 0 Å². The van der Waals surface area contributed by atoms with Crippen molar-refractivity contribution in [2.45, 2.75) is 32.0 Å². The van der Waals surface area contributed by atoms with Gasteiger partial charge in [0.05, 0.1) is 6.10 Å². The van der Waals surface area contributed by atoms with Crippen molar-refractivity contribution < 1.29 is 14.3 Å². The summed E-state index contributed by atoms with van der Waals surface area (Å²) in [4.78, 5) is 19.6. The number of carbonyl (C=O) groups excluding carboxylic acids is 1. The average molecular weight is 434 g/mol. The second-order valence-corrected chi connectivity index (χ2v) is 8.70. The Balaban J connectivity index is 1.34. The van der Waals surface area contributed by atoms with Gasteiger partial charge in [-0.3, -0.25) is 4.79 Å². The number of carbonyl (C=O) groups is 1. The third-order valence-electron chi connectivity index (χ3n) is 5.71. The molecular weight excluding hydrogens is 410 g/mol. The zero-order valence-electron chi connectivity index (χ0n) is 17.1. The van der Waals surface area contributed by atoms with Crippen LogP contribution in [0.15, 0.2) is 64.4 Å². The number of nitrogens with one attached hydrogen (secondary N) is 1. The molecule has 1 aliphatic heterocycles. The largest absolute Gasteiger partial charge is 0.454 e. The molecule has 1 aliphatic rings. The minimum atomic E-state index is -0.562. The van der Waals surface area contributed by atoms with E-state index in [9.17, 15) is 9.90 Å². The zero-order chi connectivity index (χ0) is 21.4. The molecule has 1 amide bonds. The van der Waals surface area contributed by atoms with E-state index in [1.807, 2.05) is 71.8 Å². The first kappa shape index (κ1) is 19.8. The standard InChI is InChI=1S/C24H23N3O3S/c1-15-6-2-3-8-17(15)12-25-23(29)20-11-18(28)13-27(20)24-26-19(14-31-24)22-10-16-7-4-5-9-21(16)30-22/h2-10,14,18,20,28H,11-13H2,1H3,(H,25,29)/t18?,20-/m0/s1. The van der Waals surface area contributed by atoms with Crippen molar-refractivity contribution >= 4 is 33.3 Å². The lowest BCUT2D eigenvalue weighted by Gasteiger charge is -2.23. The maximum Gasteiger partial charge on any atom is 0.243 e. The fourth-order valence-corrected chi connectivity index (χ4v) is 4.87. The number of nitrogens with zero attached hydrogens (tertiary/aromatic N) is 2. The number of furan rings is 1. The molecule has 0 saturated carbocycles. The second-order valence-electron chi connectivity index (χ2n) is 7.87. The summed E-state index contributed by atoms with van der Waals surface area (Å²) in [5.41, 5.74) is 3.78. The van der Waals surface area contributed by atoms with Crippen LogP contribution in [0.1, 0.15) is 17.5 Å². The molecule has 158 valence electrons. The topological polar surface area (TPSA) is 78.6 Å². The number of anilines is 1. The van der Waals surface area contributed by atoms with Gasteiger partial charge in [0.25, 0.3) is 0 Å². The van der Waals surface area contributed by atoms with Gasteiger partial charge in [0.1, 0.15) is 17.3 Å². The molecule has 0 spiro atoms. The Kier molecular flexibility index (Phi) is 5.21. The van der Waals surface area contributed by atoms with Crippen molar-refractivity contribution in [2.24, 2.45) is 0 Å². The number of β-amino-alcohol motifs (C(OH)–C–C–N with tert-alkyl or cyclic N) is 1. The predicted octanol–water partition coefficient (Wildman–Crippen LogP) is 4.12. The number of rotatable bonds is 5. The SMILES string of the molecule is Cc1ccccc1CNC(=O)[C@@H]1CC(O)CN1c1nc(-c2cc3ccccc3o2)cs1. The molecule has 2 aromatic heterocycles. The summed E-state index contributed by atoms with van der Waals surface area (Å²) in [5.74, 6) is 0.601.